The molecular formula is C19H15NO4S2. The largest absolute Gasteiger partial charge is 0.479 e. The normalized spacial score (nSPS) is 16.8. The van der Waals surface area contributed by atoms with E-state index >= 15 is 0 Å². The lowest BCUT2D eigenvalue weighted by atomic mass is 10.2. The van der Waals surface area contributed by atoms with Crippen molar-refractivity contribution < 1.29 is 19.4 Å². The Labute approximate surface area is 160 Å². The van der Waals surface area contributed by atoms with E-state index in [1.165, 1.54) is 23.6 Å². The van der Waals surface area contributed by atoms with E-state index in [1.807, 2.05) is 30.3 Å². The zero-order chi connectivity index (χ0) is 18.7. The second kappa shape index (κ2) is 7.72. The number of amides is 1. The molecule has 1 aliphatic heterocycles. The third-order valence-electron chi connectivity index (χ3n) is 3.65. The second-order valence-corrected chi connectivity index (χ2v) is 7.20. The molecule has 1 fully saturated rings. The van der Waals surface area contributed by atoms with Crippen molar-refractivity contribution in [2.75, 3.05) is 4.90 Å². The predicted molar refractivity (Wildman–Crippen MR) is 106 cm³/mol. The summed E-state index contributed by atoms with van der Waals surface area (Å²) in [6.45, 7) is 1.46. The van der Waals surface area contributed by atoms with E-state index in [9.17, 15) is 9.59 Å². The van der Waals surface area contributed by atoms with E-state index in [1.54, 1.807) is 30.3 Å². The lowest BCUT2D eigenvalue weighted by Crippen LogP contribution is -2.27. The average molecular weight is 385 g/mol. The highest BCUT2D eigenvalue weighted by Crippen LogP contribution is 2.36. The molecule has 0 bridgehead atoms. The van der Waals surface area contributed by atoms with Gasteiger partial charge in [0.05, 0.1) is 10.6 Å². The van der Waals surface area contributed by atoms with Gasteiger partial charge in [0, 0.05) is 0 Å². The zero-order valence-electron chi connectivity index (χ0n) is 13.8. The molecule has 1 atom stereocenters. The first kappa shape index (κ1) is 18.2. The zero-order valence-corrected chi connectivity index (χ0v) is 15.4. The molecule has 2 aromatic carbocycles. The summed E-state index contributed by atoms with van der Waals surface area (Å²) in [4.78, 5) is 25.5. The molecule has 5 nitrogen and oxygen atoms in total. The van der Waals surface area contributed by atoms with E-state index in [0.29, 0.717) is 15.0 Å². The van der Waals surface area contributed by atoms with Gasteiger partial charge in [0.2, 0.25) is 0 Å². The molecule has 0 aliphatic carbocycles. The van der Waals surface area contributed by atoms with Crippen molar-refractivity contribution in [1.82, 2.24) is 0 Å². The first-order chi connectivity index (χ1) is 12.5. The number of aliphatic carboxylic acids is 1. The number of hydrogen-bond donors (Lipinski definition) is 1. The molecule has 132 valence electrons. The van der Waals surface area contributed by atoms with Crippen LogP contribution in [0.3, 0.4) is 0 Å². The highest BCUT2D eigenvalue weighted by molar-refractivity contribution is 8.27. The molecule has 7 heteroatoms. The molecule has 0 spiro atoms. The number of hydrogen-bond acceptors (Lipinski definition) is 5. The fourth-order valence-corrected chi connectivity index (χ4v) is 3.61. The second-order valence-electron chi connectivity index (χ2n) is 5.52. The Morgan fingerprint density at radius 3 is 2.46 bits per heavy atom. The molecule has 26 heavy (non-hydrogen) atoms. The Morgan fingerprint density at radius 1 is 1.19 bits per heavy atom. The van der Waals surface area contributed by atoms with Gasteiger partial charge in [0.1, 0.15) is 5.75 Å². The van der Waals surface area contributed by atoms with Crippen LogP contribution in [0.2, 0.25) is 0 Å². The number of thiocarbonyl (C=S) groups is 1. The number of carboxylic acid groups (broad SMARTS) is 1. The number of anilines is 1. The molecule has 1 saturated heterocycles. The quantitative estimate of drug-likeness (QED) is 0.621. The summed E-state index contributed by atoms with van der Waals surface area (Å²) < 4.78 is 5.78. The third kappa shape index (κ3) is 3.95. The van der Waals surface area contributed by atoms with Gasteiger partial charge in [-0.2, -0.15) is 0 Å². The van der Waals surface area contributed by atoms with E-state index in [4.69, 9.17) is 22.1 Å². The fraction of sp³-hybridized carbons (Fsp3) is 0.105. The summed E-state index contributed by atoms with van der Waals surface area (Å²) in [7, 11) is 0. The minimum Gasteiger partial charge on any atom is -0.479 e. The number of para-hydroxylation sites is 1. The molecule has 1 amide bonds. The van der Waals surface area contributed by atoms with E-state index in [0.717, 1.165) is 11.3 Å². The van der Waals surface area contributed by atoms with Gasteiger partial charge >= 0.3 is 5.97 Å². The van der Waals surface area contributed by atoms with Crippen molar-refractivity contribution in [2.45, 2.75) is 13.0 Å². The van der Waals surface area contributed by atoms with Crippen LogP contribution in [0.4, 0.5) is 5.69 Å². The average Bonchev–Trinajstić information content (AvgIpc) is 2.90. The summed E-state index contributed by atoms with van der Waals surface area (Å²) >= 11 is 6.59. The first-order valence-electron chi connectivity index (χ1n) is 7.78. The number of rotatable bonds is 5. The van der Waals surface area contributed by atoms with Crippen molar-refractivity contribution in [3.8, 4) is 5.75 Å². The van der Waals surface area contributed by atoms with Gasteiger partial charge in [-0.05, 0) is 42.8 Å². The van der Waals surface area contributed by atoms with Gasteiger partial charge < -0.3 is 9.84 Å². The molecule has 0 aromatic heterocycles. The molecule has 1 unspecified atom stereocenters. The smallest absolute Gasteiger partial charge is 0.344 e. The highest BCUT2D eigenvalue weighted by atomic mass is 32.2. The molecular weight excluding hydrogens is 370 g/mol. The van der Waals surface area contributed by atoms with Crippen LogP contribution in [0.25, 0.3) is 6.08 Å². The Balaban J connectivity index is 1.77. The maximum atomic E-state index is 12.7. The number of carbonyl (C=O) groups excluding carboxylic acids is 1. The predicted octanol–water partition coefficient (Wildman–Crippen LogP) is 3.94. The lowest BCUT2D eigenvalue weighted by Gasteiger charge is -2.13. The van der Waals surface area contributed by atoms with Gasteiger partial charge in [-0.1, -0.05) is 54.3 Å². The summed E-state index contributed by atoms with van der Waals surface area (Å²) in [6, 6.07) is 16.1. The Bertz CT molecular complexity index is 878. The maximum Gasteiger partial charge on any atom is 0.344 e. The summed E-state index contributed by atoms with van der Waals surface area (Å²) in [5, 5.41) is 8.87. The Hall–Kier alpha value is -2.64. The van der Waals surface area contributed by atoms with Crippen LogP contribution in [0, 0.1) is 0 Å². The van der Waals surface area contributed by atoms with Crippen molar-refractivity contribution in [2.24, 2.45) is 0 Å². The molecule has 1 heterocycles. The molecule has 0 saturated carbocycles. The number of ether oxygens (including phenoxy) is 1. The monoisotopic (exact) mass is 385 g/mol. The Kier molecular flexibility index (Phi) is 5.39. The Morgan fingerprint density at radius 2 is 1.85 bits per heavy atom. The minimum absolute atomic E-state index is 0.161. The summed E-state index contributed by atoms with van der Waals surface area (Å²) in [5.41, 5.74) is 1.54. The number of thioether (sulfide) groups is 1. The highest BCUT2D eigenvalue weighted by Gasteiger charge is 2.33. The lowest BCUT2D eigenvalue weighted by molar-refractivity contribution is -0.144. The molecule has 0 radical (unpaired) electrons. The van der Waals surface area contributed by atoms with Crippen molar-refractivity contribution in [1.29, 1.82) is 0 Å². The van der Waals surface area contributed by atoms with Crippen molar-refractivity contribution in [3.05, 3.63) is 65.1 Å². The molecule has 3 rings (SSSR count). The molecule has 2 aromatic rings. The molecule has 1 aliphatic rings. The fourth-order valence-electron chi connectivity index (χ4n) is 2.32. The standard InChI is InChI=1S/C19H15NO4S2/c1-12(18(22)23)24-15-9-7-13(8-10-15)11-16-17(21)20(19(25)26-16)14-5-3-2-4-6-14/h2-12H,1H3,(H,22,23)/b16-11+. The van der Waals surface area contributed by atoms with Gasteiger partial charge in [0.25, 0.3) is 5.91 Å². The molecule has 1 N–H and O–H groups in total. The minimum atomic E-state index is -1.03. The van der Waals surface area contributed by atoms with Gasteiger partial charge in [0.15, 0.2) is 10.4 Å². The van der Waals surface area contributed by atoms with Gasteiger partial charge in [-0.25, -0.2) is 4.79 Å². The van der Waals surface area contributed by atoms with Crippen LogP contribution in [0.1, 0.15) is 12.5 Å². The third-order valence-corrected chi connectivity index (χ3v) is 4.95. The van der Waals surface area contributed by atoms with Crippen molar-refractivity contribution in [3.63, 3.8) is 0 Å². The first-order valence-corrected chi connectivity index (χ1v) is 9.01. The van der Waals surface area contributed by atoms with Crippen LogP contribution in [-0.4, -0.2) is 27.4 Å². The van der Waals surface area contributed by atoms with Gasteiger partial charge in [-0.15, -0.1) is 0 Å². The van der Waals surface area contributed by atoms with Crippen LogP contribution >= 0.6 is 24.0 Å². The number of carbonyl (C=O) groups is 2. The number of carboxylic acids is 1. The van der Waals surface area contributed by atoms with Crippen LogP contribution in [-0.2, 0) is 9.59 Å². The summed E-state index contributed by atoms with van der Waals surface area (Å²) in [6.07, 6.45) is 0.829. The van der Waals surface area contributed by atoms with E-state index in [-0.39, 0.29) is 5.91 Å². The van der Waals surface area contributed by atoms with Crippen LogP contribution < -0.4 is 9.64 Å². The summed E-state index contributed by atoms with van der Waals surface area (Å²) in [5.74, 6) is -0.737. The topological polar surface area (TPSA) is 66.8 Å². The van der Waals surface area contributed by atoms with Gasteiger partial charge in [-0.3, -0.25) is 9.69 Å². The number of nitrogens with zero attached hydrogens (tertiary/aromatic N) is 1. The van der Waals surface area contributed by atoms with Crippen LogP contribution in [0.5, 0.6) is 5.75 Å². The van der Waals surface area contributed by atoms with Crippen molar-refractivity contribution >= 4 is 51.9 Å². The SMILES string of the molecule is CC(Oc1ccc(/C=C2/SC(=S)N(c3ccccc3)C2=O)cc1)C(=O)O. The number of benzene rings is 2. The maximum absolute atomic E-state index is 12.7. The van der Waals surface area contributed by atoms with E-state index in [2.05, 4.69) is 0 Å². The van der Waals surface area contributed by atoms with Crippen LogP contribution in [0.15, 0.2) is 59.5 Å². The van der Waals surface area contributed by atoms with E-state index < -0.39 is 12.1 Å².